The Hall–Kier alpha value is -1.63. The number of ether oxygens (including phenoxy) is 2. The van der Waals surface area contributed by atoms with Crippen molar-refractivity contribution in [2.24, 2.45) is 4.99 Å². The molecule has 0 amide bonds. The van der Waals surface area contributed by atoms with Crippen LogP contribution in [0.1, 0.15) is 56.6 Å². The van der Waals surface area contributed by atoms with E-state index in [1.165, 1.54) is 49.9 Å². The molecule has 1 unspecified atom stereocenters. The van der Waals surface area contributed by atoms with E-state index in [0.717, 1.165) is 58.3 Å². The number of nitrogens with one attached hydrogen (secondary N) is 2. The monoisotopic (exact) mass is 416 g/mol. The van der Waals surface area contributed by atoms with E-state index in [1.807, 2.05) is 0 Å². The maximum absolute atomic E-state index is 5.73. The summed E-state index contributed by atoms with van der Waals surface area (Å²) in [7, 11) is 0. The Balaban J connectivity index is 1.34. The predicted molar refractivity (Wildman–Crippen MR) is 123 cm³/mol. The highest BCUT2D eigenvalue weighted by atomic mass is 16.5. The molecule has 2 aliphatic heterocycles. The second-order valence-corrected chi connectivity index (χ2v) is 8.34. The lowest BCUT2D eigenvalue weighted by Crippen LogP contribution is -2.38. The first-order valence-corrected chi connectivity index (χ1v) is 11.8. The van der Waals surface area contributed by atoms with Crippen LogP contribution in [0, 0.1) is 0 Å². The highest BCUT2D eigenvalue weighted by Gasteiger charge is 2.15. The van der Waals surface area contributed by atoms with Crippen molar-refractivity contribution < 1.29 is 9.47 Å². The number of rotatable bonds is 11. The largest absolute Gasteiger partial charge is 0.379 e. The molecule has 2 N–H and O–H groups in total. The van der Waals surface area contributed by atoms with Crippen molar-refractivity contribution in [3.63, 3.8) is 0 Å². The van der Waals surface area contributed by atoms with Gasteiger partial charge in [-0.15, -0.1) is 0 Å². The van der Waals surface area contributed by atoms with Gasteiger partial charge in [0.15, 0.2) is 5.96 Å². The molecule has 1 atom stereocenters. The molecule has 0 saturated carbocycles. The smallest absolute Gasteiger partial charge is 0.191 e. The normalized spacial score (nSPS) is 20.4. The van der Waals surface area contributed by atoms with Crippen molar-refractivity contribution in [2.45, 2.75) is 64.6 Å². The van der Waals surface area contributed by atoms with Gasteiger partial charge in [0.1, 0.15) is 0 Å². The third-order valence-electron chi connectivity index (χ3n) is 5.73. The van der Waals surface area contributed by atoms with Gasteiger partial charge in [-0.05, 0) is 63.2 Å². The molecule has 6 nitrogen and oxygen atoms in total. The van der Waals surface area contributed by atoms with Crippen molar-refractivity contribution in [1.82, 2.24) is 15.5 Å². The lowest BCUT2D eigenvalue weighted by Gasteiger charge is -2.26. The van der Waals surface area contributed by atoms with Gasteiger partial charge in [-0.2, -0.15) is 0 Å². The molecule has 2 saturated heterocycles. The maximum Gasteiger partial charge on any atom is 0.191 e. The Morgan fingerprint density at radius 1 is 1.10 bits per heavy atom. The van der Waals surface area contributed by atoms with Gasteiger partial charge in [0.2, 0.25) is 0 Å². The zero-order chi connectivity index (χ0) is 20.9. The number of guanidine groups is 1. The average molecular weight is 417 g/mol. The molecule has 6 heteroatoms. The summed E-state index contributed by atoms with van der Waals surface area (Å²) in [5.41, 5.74) is 2.65. The number of hydrogen-bond acceptors (Lipinski definition) is 4. The van der Waals surface area contributed by atoms with Gasteiger partial charge in [0.05, 0.1) is 19.3 Å². The standard InChI is InChI=1S/C24H40N4O2/c1-2-25-24(26-13-7-16-29-20-23-8-6-17-30-23)27-18-21-9-11-22(12-10-21)19-28-14-4-3-5-15-28/h9-12,23H,2-8,13-20H2,1H3,(H2,25,26,27). The van der Waals surface area contributed by atoms with Crippen LogP contribution in [0.25, 0.3) is 0 Å². The molecule has 2 heterocycles. The molecule has 0 aromatic heterocycles. The third-order valence-corrected chi connectivity index (χ3v) is 5.73. The average Bonchev–Trinajstić information content (AvgIpc) is 3.30. The molecule has 1 aromatic rings. The zero-order valence-electron chi connectivity index (χ0n) is 18.7. The molecule has 0 radical (unpaired) electrons. The minimum absolute atomic E-state index is 0.308. The topological polar surface area (TPSA) is 58.1 Å². The van der Waals surface area contributed by atoms with Crippen LogP contribution in [0.4, 0.5) is 0 Å². The summed E-state index contributed by atoms with van der Waals surface area (Å²) in [5, 5.41) is 6.73. The fraction of sp³-hybridized carbons (Fsp3) is 0.708. The summed E-state index contributed by atoms with van der Waals surface area (Å²) in [4.78, 5) is 7.30. The molecule has 0 spiro atoms. The van der Waals surface area contributed by atoms with Crippen LogP contribution in [0.2, 0.25) is 0 Å². The predicted octanol–water partition coefficient (Wildman–Crippen LogP) is 3.31. The molecule has 3 rings (SSSR count). The van der Waals surface area contributed by atoms with E-state index in [9.17, 15) is 0 Å². The Kier molecular flexibility index (Phi) is 10.5. The van der Waals surface area contributed by atoms with Crippen LogP contribution in [0.15, 0.2) is 29.3 Å². The van der Waals surface area contributed by atoms with Crippen LogP contribution in [-0.4, -0.2) is 63.0 Å². The van der Waals surface area contributed by atoms with E-state index in [1.54, 1.807) is 0 Å². The van der Waals surface area contributed by atoms with E-state index in [2.05, 4.69) is 46.7 Å². The first-order chi connectivity index (χ1) is 14.8. The van der Waals surface area contributed by atoms with Crippen LogP contribution < -0.4 is 10.6 Å². The Morgan fingerprint density at radius 2 is 1.90 bits per heavy atom. The van der Waals surface area contributed by atoms with Crippen molar-refractivity contribution in [1.29, 1.82) is 0 Å². The Bertz CT molecular complexity index is 608. The summed E-state index contributed by atoms with van der Waals surface area (Å²) >= 11 is 0. The van der Waals surface area contributed by atoms with Crippen LogP contribution >= 0.6 is 0 Å². The SMILES string of the molecule is CCNC(=NCc1ccc(CN2CCCCC2)cc1)NCCCOCC1CCCO1. The minimum Gasteiger partial charge on any atom is -0.379 e. The Labute approximate surface area is 182 Å². The second-order valence-electron chi connectivity index (χ2n) is 8.34. The molecule has 0 bridgehead atoms. The fourth-order valence-electron chi connectivity index (χ4n) is 4.01. The van der Waals surface area contributed by atoms with Gasteiger partial charge in [0.25, 0.3) is 0 Å². The number of likely N-dealkylation sites (tertiary alicyclic amines) is 1. The number of hydrogen-bond donors (Lipinski definition) is 2. The van der Waals surface area contributed by atoms with Crippen LogP contribution in [-0.2, 0) is 22.6 Å². The number of piperidine rings is 1. The van der Waals surface area contributed by atoms with E-state index < -0.39 is 0 Å². The fourth-order valence-corrected chi connectivity index (χ4v) is 4.01. The van der Waals surface area contributed by atoms with E-state index in [-0.39, 0.29) is 0 Å². The summed E-state index contributed by atoms with van der Waals surface area (Å²) < 4.78 is 11.3. The van der Waals surface area contributed by atoms with E-state index in [4.69, 9.17) is 14.5 Å². The van der Waals surface area contributed by atoms with Crippen molar-refractivity contribution >= 4 is 5.96 Å². The number of benzene rings is 1. The first-order valence-electron chi connectivity index (χ1n) is 11.8. The quantitative estimate of drug-likeness (QED) is 0.329. The highest BCUT2D eigenvalue weighted by Crippen LogP contribution is 2.14. The highest BCUT2D eigenvalue weighted by molar-refractivity contribution is 5.79. The summed E-state index contributed by atoms with van der Waals surface area (Å²) in [6.07, 6.45) is 7.64. The first kappa shape index (κ1) is 23.0. The lowest BCUT2D eigenvalue weighted by molar-refractivity contribution is 0.0168. The number of nitrogens with zero attached hydrogens (tertiary/aromatic N) is 2. The van der Waals surface area contributed by atoms with E-state index in [0.29, 0.717) is 12.6 Å². The molecular weight excluding hydrogens is 376 g/mol. The number of aliphatic imine (C=N–C) groups is 1. The molecule has 1 aromatic carbocycles. The van der Waals surface area contributed by atoms with Crippen molar-refractivity contribution in [2.75, 3.05) is 46.0 Å². The van der Waals surface area contributed by atoms with Gasteiger partial charge < -0.3 is 20.1 Å². The molecular formula is C24H40N4O2. The van der Waals surface area contributed by atoms with E-state index >= 15 is 0 Å². The summed E-state index contributed by atoms with van der Waals surface area (Å²) in [6.45, 7) is 10.4. The molecule has 0 aliphatic carbocycles. The van der Waals surface area contributed by atoms with Gasteiger partial charge in [-0.1, -0.05) is 30.7 Å². The van der Waals surface area contributed by atoms with Gasteiger partial charge in [-0.25, -0.2) is 4.99 Å². The van der Waals surface area contributed by atoms with Crippen molar-refractivity contribution in [3.05, 3.63) is 35.4 Å². The molecule has 2 fully saturated rings. The molecule has 168 valence electrons. The van der Waals surface area contributed by atoms with Gasteiger partial charge >= 0.3 is 0 Å². The summed E-state index contributed by atoms with van der Waals surface area (Å²) in [6, 6.07) is 8.94. The van der Waals surface area contributed by atoms with Crippen LogP contribution in [0.5, 0.6) is 0 Å². The van der Waals surface area contributed by atoms with Gasteiger partial charge in [-0.3, -0.25) is 4.90 Å². The zero-order valence-corrected chi connectivity index (χ0v) is 18.7. The molecule has 2 aliphatic rings. The third kappa shape index (κ3) is 8.62. The lowest BCUT2D eigenvalue weighted by atomic mass is 10.1. The molecule has 30 heavy (non-hydrogen) atoms. The minimum atomic E-state index is 0.308. The second kappa shape index (κ2) is 13.6. The maximum atomic E-state index is 5.73. The Morgan fingerprint density at radius 3 is 2.63 bits per heavy atom. The van der Waals surface area contributed by atoms with Gasteiger partial charge in [0, 0.05) is 32.8 Å². The summed E-state index contributed by atoms with van der Waals surface area (Å²) in [5.74, 6) is 0.869. The van der Waals surface area contributed by atoms with Crippen molar-refractivity contribution in [3.8, 4) is 0 Å². The van der Waals surface area contributed by atoms with Crippen LogP contribution in [0.3, 0.4) is 0 Å².